The molecule has 1 heterocycles. The SMILES string of the molecule is COCCC(CO)Nc1cc(Br)nc(C(C)(C)C)n1. The Balaban J connectivity index is 2.85. The highest BCUT2D eigenvalue weighted by atomic mass is 79.9. The Morgan fingerprint density at radius 3 is 2.63 bits per heavy atom. The molecule has 1 aromatic heterocycles. The minimum Gasteiger partial charge on any atom is -0.394 e. The van der Waals surface area contributed by atoms with E-state index < -0.39 is 0 Å². The number of hydrogen-bond donors (Lipinski definition) is 2. The Bertz CT molecular complexity index is 407. The second kappa shape index (κ2) is 7.17. The van der Waals surface area contributed by atoms with E-state index in [1.54, 1.807) is 7.11 Å². The van der Waals surface area contributed by atoms with Crippen LogP contribution in [0.5, 0.6) is 0 Å². The van der Waals surface area contributed by atoms with Crippen molar-refractivity contribution in [2.75, 3.05) is 25.6 Å². The molecule has 0 aliphatic heterocycles. The summed E-state index contributed by atoms with van der Waals surface area (Å²) in [6.45, 7) is 6.82. The number of nitrogens with one attached hydrogen (secondary N) is 1. The van der Waals surface area contributed by atoms with E-state index >= 15 is 0 Å². The number of ether oxygens (including phenoxy) is 1. The van der Waals surface area contributed by atoms with Crippen LogP contribution in [0.4, 0.5) is 5.82 Å². The van der Waals surface area contributed by atoms with Gasteiger partial charge in [0, 0.05) is 25.2 Å². The Morgan fingerprint density at radius 1 is 1.42 bits per heavy atom. The van der Waals surface area contributed by atoms with Crippen LogP contribution in [0, 0.1) is 0 Å². The first-order chi connectivity index (χ1) is 8.86. The zero-order valence-electron chi connectivity index (χ0n) is 11.9. The lowest BCUT2D eigenvalue weighted by Gasteiger charge is -2.20. The molecule has 0 aliphatic carbocycles. The average Bonchev–Trinajstić information content (AvgIpc) is 2.32. The molecule has 0 fully saturated rings. The van der Waals surface area contributed by atoms with E-state index in [4.69, 9.17) is 4.74 Å². The maximum atomic E-state index is 9.34. The predicted octanol–water partition coefficient (Wildman–Crippen LogP) is 2.35. The first kappa shape index (κ1) is 16.3. The van der Waals surface area contributed by atoms with Crippen molar-refractivity contribution < 1.29 is 9.84 Å². The molecule has 5 nitrogen and oxygen atoms in total. The van der Waals surface area contributed by atoms with Crippen LogP contribution in [-0.2, 0) is 10.2 Å². The van der Waals surface area contributed by atoms with Gasteiger partial charge in [-0.15, -0.1) is 0 Å². The Labute approximate surface area is 122 Å². The Hall–Kier alpha value is -0.720. The summed E-state index contributed by atoms with van der Waals surface area (Å²) < 4.78 is 5.76. The monoisotopic (exact) mass is 331 g/mol. The Morgan fingerprint density at radius 2 is 2.11 bits per heavy atom. The molecular formula is C13H22BrN3O2. The van der Waals surface area contributed by atoms with Crippen LogP contribution >= 0.6 is 15.9 Å². The van der Waals surface area contributed by atoms with Gasteiger partial charge in [0.2, 0.25) is 0 Å². The second-order valence-corrected chi connectivity index (χ2v) is 6.27. The number of aromatic nitrogens is 2. The normalized spacial score (nSPS) is 13.4. The number of aliphatic hydroxyl groups excluding tert-OH is 1. The van der Waals surface area contributed by atoms with Gasteiger partial charge in [-0.05, 0) is 22.4 Å². The van der Waals surface area contributed by atoms with E-state index in [-0.39, 0.29) is 18.1 Å². The van der Waals surface area contributed by atoms with Crippen molar-refractivity contribution in [3.8, 4) is 0 Å². The summed E-state index contributed by atoms with van der Waals surface area (Å²) in [5, 5.41) is 12.5. The van der Waals surface area contributed by atoms with Crippen LogP contribution in [0.1, 0.15) is 33.0 Å². The molecule has 0 saturated carbocycles. The second-order valence-electron chi connectivity index (χ2n) is 5.45. The topological polar surface area (TPSA) is 67.3 Å². The molecule has 0 amide bonds. The van der Waals surface area contributed by atoms with Gasteiger partial charge < -0.3 is 15.2 Å². The van der Waals surface area contributed by atoms with Gasteiger partial charge in [0.05, 0.1) is 12.6 Å². The number of anilines is 1. The van der Waals surface area contributed by atoms with Crippen molar-refractivity contribution in [2.45, 2.75) is 38.6 Å². The molecule has 108 valence electrons. The molecular weight excluding hydrogens is 310 g/mol. The summed E-state index contributed by atoms with van der Waals surface area (Å²) in [5.74, 6) is 1.47. The van der Waals surface area contributed by atoms with Gasteiger partial charge in [-0.1, -0.05) is 20.8 Å². The number of nitrogens with zero attached hydrogens (tertiary/aromatic N) is 2. The fourth-order valence-corrected chi connectivity index (χ4v) is 1.89. The first-order valence-corrected chi connectivity index (χ1v) is 7.07. The minimum atomic E-state index is -0.124. The van der Waals surface area contributed by atoms with Gasteiger partial charge in [-0.3, -0.25) is 0 Å². The van der Waals surface area contributed by atoms with Crippen molar-refractivity contribution in [3.63, 3.8) is 0 Å². The van der Waals surface area contributed by atoms with Crippen LogP contribution in [-0.4, -0.2) is 41.4 Å². The highest BCUT2D eigenvalue weighted by molar-refractivity contribution is 9.10. The van der Waals surface area contributed by atoms with Gasteiger partial charge in [0.1, 0.15) is 16.2 Å². The zero-order valence-corrected chi connectivity index (χ0v) is 13.5. The number of halogens is 1. The lowest BCUT2D eigenvalue weighted by Crippen LogP contribution is -2.27. The molecule has 6 heteroatoms. The van der Waals surface area contributed by atoms with E-state index in [0.29, 0.717) is 12.4 Å². The molecule has 0 aromatic carbocycles. The predicted molar refractivity (Wildman–Crippen MR) is 79.4 cm³/mol. The van der Waals surface area contributed by atoms with Crippen molar-refractivity contribution in [3.05, 3.63) is 16.5 Å². The lowest BCUT2D eigenvalue weighted by molar-refractivity contribution is 0.174. The molecule has 0 bridgehead atoms. The van der Waals surface area contributed by atoms with Gasteiger partial charge in [0.25, 0.3) is 0 Å². The quantitative estimate of drug-likeness (QED) is 0.783. The molecule has 2 N–H and O–H groups in total. The third-order valence-electron chi connectivity index (χ3n) is 2.61. The number of hydrogen-bond acceptors (Lipinski definition) is 5. The molecule has 19 heavy (non-hydrogen) atoms. The van der Waals surface area contributed by atoms with E-state index in [2.05, 4.69) is 52.0 Å². The highest BCUT2D eigenvalue weighted by Gasteiger charge is 2.19. The van der Waals surface area contributed by atoms with Crippen molar-refractivity contribution >= 4 is 21.7 Å². The molecule has 0 spiro atoms. The molecule has 0 radical (unpaired) electrons. The molecule has 0 saturated heterocycles. The van der Waals surface area contributed by atoms with Gasteiger partial charge in [-0.2, -0.15) is 0 Å². The summed E-state index contributed by atoms with van der Waals surface area (Å²) in [6.07, 6.45) is 0.722. The van der Waals surface area contributed by atoms with Gasteiger partial charge in [-0.25, -0.2) is 9.97 Å². The van der Waals surface area contributed by atoms with Gasteiger partial charge in [0.15, 0.2) is 0 Å². The molecule has 1 atom stereocenters. The number of rotatable bonds is 6. The van der Waals surface area contributed by atoms with Crippen molar-refractivity contribution in [1.82, 2.24) is 9.97 Å². The molecule has 1 aromatic rings. The smallest absolute Gasteiger partial charge is 0.137 e. The first-order valence-electron chi connectivity index (χ1n) is 6.28. The summed E-state index contributed by atoms with van der Waals surface area (Å²) in [5.41, 5.74) is -0.124. The Kier molecular flexibility index (Phi) is 6.16. The van der Waals surface area contributed by atoms with Crippen LogP contribution in [0.25, 0.3) is 0 Å². The van der Waals surface area contributed by atoms with E-state index in [1.165, 1.54) is 0 Å². The highest BCUT2D eigenvalue weighted by Crippen LogP contribution is 2.22. The fraction of sp³-hybridized carbons (Fsp3) is 0.692. The fourth-order valence-electron chi connectivity index (χ4n) is 1.51. The van der Waals surface area contributed by atoms with Crippen molar-refractivity contribution in [1.29, 1.82) is 0 Å². The van der Waals surface area contributed by atoms with E-state index in [1.807, 2.05) is 6.07 Å². The molecule has 0 aliphatic rings. The lowest BCUT2D eigenvalue weighted by atomic mass is 9.96. The van der Waals surface area contributed by atoms with Crippen LogP contribution in [0.2, 0.25) is 0 Å². The third-order valence-corrected chi connectivity index (χ3v) is 3.01. The minimum absolute atomic E-state index is 0.0375. The molecule has 1 rings (SSSR count). The van der Waals surface area contributed by atoms with Crippen LogP contribution < -0.4 is 5.32 Å². The largest absolute Gasteiger partial charge is 0.394 e. The van der Waals surface area contributed by atoms with Crippen LogP contribution in [0.3, 0.4) is 0 Å². The number of aliphatic hydroxyl groups is 1. The maximum Gasteiger partial charge on any atom is 0.137 e. The number of methoxy groups -OCH3 is 1. The average molecular weight is 332 g/mol. The standard InChI is InChI=1S/C13H22BrN3O2/c1-13(2,3)12-16-10(14)7-11(17-12)15-9(8-18)5-6-19-4/h7,9,18H,5-6,8H2,1-4H3,(H,15,16,17). The van der Waals surface area contributed by atoms with Crippen molar-refractivity contribution in [2.24, 2.45) is 0 Å². The van der Waals surface area contributed by atoms with E-state index in [9.17, 15) is 5.11 Å². The summed E-state index contributed by atoms with van der Waals surface area (Å²) in [7, 11) is 1.65. The van der Waals surface area contributed by atoms with Gasteiger partial charge >= 0.3 is 0 Å². The maximum absolute atomic E-state index is 9.34. The zero-order chi connectivity index (χ0) is 14.5. The third kappa shape index (κ3) is 5.42. The molecule has 1 unspecified atom stereocenters. The summed E-state index contributed by atoms with van der Waals surface area (Å²) >= 11 is 3.39. The van der Waals surface area contributed by atoms with Crippen LogP contribution in [0.15, 0.2) is 10.7 Å². The van der Waals surface area contributed by atoms with E-state index in [0.717, 1.165) is 16.8 Å². The summed E-state index contributed by atoms with van der Waals surface area (Å²) in [4.78, 5) is 8.88. The summed E-state index contributed by atoms with van der Waals surface area (Å²) in [6, 6.07) is 1.74.